The maximum atomic E-state index is 11.2. The number of aromatic carboxylic acids is 1. The summed E-state index contributed by atoms with van der Waals surface area (Å²) in [6.45, 7) is 28.1. The van der Waals surface area contributed by atoms with Gasteiger partial charge in [0.15, 0.2) is 0 Å². The van der Waals surface area contributed by atoms with E-state index < -0.39 is 5.97 Å². The summed E-state index contributed by atoms with van der Waals surface area (Å²) in [7, 11) is 0. The van der Waals surface area contributed by atoms with E-state index in [1.54, 1.807) is 30.5 Å². The maximum absolute atomic E-state index is 11.2. The predicted molar refractivity (Wildman–Crippen MR) is 195 cm³/mol. The van der Waals surface area contributed by atoms with Crippen molar-refractivity contribution in [3.05, 3.63) is 85.0 Å². The van der Waals surface area contributed by atoms with Gasteiger partial charge in [-0.1, -0.05) is 85.6 Å². The molecule has 0 saturated carbocycles. The van der Waals surface area contributed by atoms with E-state index in [1.165, 1.54) is 31.9 Å². The van der Waals surface area contributed by atoms with E-state index in [-0.39, 0.29) is 11.6 Å². The van der Waals surface area contributed by atoms with E-state index in [9.17, 15) is 14.7 Å². The van der Waals surface area contributed by atoms with Gasteiger partial charge in [-0.05, 0) is 88.7 Å². The van der Waals surface area contributed by atoms with E-state index in [2.05, 4.69) is 60.2 Å². The van der Waals surface area contributed by atoms with Crippen molar-refractivity contribution in [2.45, 2.75) is 107 Å². The topological polar surface area (TPSA) is 109 Å². The Morgan fingerprint density at radius 2 is 1.71 bits per heavy atom. The van der Waals surface area contributed by atoms with Gasteiger partial charge in [0, 0.05) is 18.8 Å². The minimum atomic E-state index is -0.914. The van der Waals surface area contributed by atoms with Crippen LogP contribution in [0.5, 0.6) is 0 Å². The number of nitrogens with zero attached hydrogens (tertiary/aromatic N) is 3. The second-order valence-corrected chi connectivity index (χ2v) is 9.45. The Balaban J connectivity index is 0. The van der Waals surface area contributed by atoms with Gasteiger partial charge in [0.05, 0.1) is 22.3 Å². The molecule has 0 aliphatic rings. The summed E-state index contributed by atoms with van der Waals surface area (Å²) in [5.41, 5.74) is 4.87. The standard InChI is InChI=1S/C20H28N2O2.C13H19N3O.2C2H6/c1-5-7-8-9-10-15(4)22-18-12-11-16(20(23)24)13-17(18)21-19(22)14(3)6-2;1-5-11(12(6-2)14-7-3)9-10-16-13(17)15-8-4;2*1-2/h6,11-13,15H,5,7-10H2,1-4H3,(H,23,24);5-6,8-10H,2,4,7H2,1,3H3,(H2,15,16,17);2*1-2H3/b14-6+;10-9+,11-5-,14-12?;;. The van der Waals surface area contributed by atoms with Crippen LogP contribution in [0.2, 0.25) is 0 Å². The summed E-state index contributed by atoms with van der Waals surface area (Å²) in [5.74, 6) is 0.0291. The molecule has 1 aromatic heterocycles. The highest BCUT2D eigenvalue weighted by Crippen LogP contribution is 2.29. The summed E-state index contributed by atoms with van der Waals surface area (Å²) in [5, 5.41) is 14.1. The van der Waals surface area contributed by atoms with Crippen LogP contribution in [0.1, 0.15) is 124 Å². The Kier molecular flexibility index (Phi) is 25.0. The van der Waals surface area contributed by atoms with Crippen molar-refractivity contribution in [1.82, 2.24) is 20.2 Å². The van der Waals surface area contributed by atoms with Crippen molar-refractivity contribution in [1.29, 1.82) is 0 Å². The molecule has 8 heteroatoms. The van der Waals surface area contributed by atoms with E-state index in [4.69, 9.17) is 4.98 Å². The molecule has 0 aliphatic heterocycles. The highest BCUT2D eigenvalue weighted by Gasteiger charge is 2.18. The Morgan fingerprint density at radius 3 is 2.22 bits per heavy atom. The van der Waals surface area contributed by atoms with Gasteiger partial charge in [-0.2, -0.15) is 0 Å². The smallest absolute Gasteiger partial charge is 0.335 e. The Bertz CT molecular complexity index is 1300. The second kappa shape index (κ2) is 26.2. The second-order valence-electron chi connectivity index (χ2n) is 9.45. The number of fused-ring (bicyclic) bond motifs is 1. The van der Waals surface area contributed by atoms with Crippen LogP contribution in [0.3, 0.4) is 0 Å². The molecule has 45 heavy (non-hydrogen) atoms. The first kappa shape index (κ1) is 42.9. The Morgan fingerprint density at radius 1 is 1.04 bits per heavy atom. The van der Waals surface area contributed by atoms with Gasteiger partial charge in [-0.15, -0.1) is 0 Å². The molecule has 2 amide bonds. The zero-order valence-corrected chi connectivity index (χ0v) is 29.5. The molecule has 0 radical (unpaired) electrons. The van der Waals surface area contributed by atoms with E-state index >= 15 is 0 Å². The van der Waals surface area contributed by atoms with Gasteiger partial charge in [-0.3, -0.25) is 4.99 Å². The summed E-state index contributed by atoms with van der Waals surface area (Å²) in [4.78, 5) is 31.3. The lowest BCUT2D eigenvalue weighted by Gasteiger charge is -2.18. The fourth-order valence-corrected chi connectivity index (χ4v) is 4.20. The molecule has 3 N–H and O–H groups in total. The number of carbonyl (C=O) groups is 2. The zero-order valence-electron chi connectivity index (χ0n) is 29.5. The zero-order chi connectivity index (χ0) is 34.8. The number of allylic oxidation sites excluding steroid dienone is 6. The number of carbonyl (C=O) groups excluding carboxylic acids is 1. The fourth-order valence-electron chi connectivity index (χ4n) is 4.20. The number of nitrogens with one attached hydrogen (secondary N) is 2. The molecule has 0 aliphatic carbocycles. The molecule has 1 atom stereocenters. The molecule has 250 valence electrons. The van der Waals surface area contributed by atoms with E-state index in [0.29, 0.717) is 12.6 Å². The largest absolute Gasteiger partial charge is 0.478 e. The van der Waals surface area contributed by atoms with Crippen LogP contribution in [0.15, 0.2) is 78.6 Å². The van der Waals surface area contributed by atoms with Gasteiger partial charge in [0.25, 0.3) is 0 Å². The number of imidazole rings is 1. The Hall–Kier alpha value is -4.20. The van der Waals surface area contributed by atoms with Crippen LogP contribution in [0, 0.1) is 0 Å². The number of urea groups is 1. The van der Waals surface area contributed by atoms with Crippen molar-refractivity contribution in [2.75, 3.05) is 6.54 Å². The molecule has 1 unspecified atom stereocenters. The summed E-state index contributed by atoms with van der Waals surface area (Å²) in [6, 6.07) is 5.23. The molecule has 1 heterocycles. The van der Waals surface area contributed by atoms with Crippen molar-refractivity contribution in [2.24, 2.45) is 4.99 Å². The van der Waals surface area contributed by atoms with Crippen molar-refractivity contribution >= 4 is 34.3 Å². The average Bonchev–Trinajstić information content (AvgIpc) is 3.45. The first-order valence-corrected chi connectivity index (χ1v) is 16.2. The minimum Gasteiger partial charge on any atom is -0.478 e. The molecular weight excluding hydrogens is 562 g/mol. The minimum absolute atomic E-state index is 0.285. The average molecular weight is 622 g/mol. The molecule has 0 bridgehead atoms. The van der Waals surface area contributed by atoms with E-state index in [0.717, 1.165) is 40.1 Å². The Labute approximate surface area is 272 Å². The number of hydrogen-bond donors (Lipinski definition) is 3. The van der Waals surface area contributed by atoms with Gasteiger partial charge >= 0.3 is 12.0 Å². The number of carboxylic acid groups (broad SMARTS) is 1. The lowest BCUT2D eigenvalue weighted by Crippen LogP contribution is -2.27. The van der Waals surface area contributed by atoms with Crippen LogP contribution in [-0.2, 0) is 0 Å². The third-order valence-electron chi connectivity index (χ3n) is 6.48. The van der Waals surface area contributed by atoms with Crippen molar-refractivity contribution < 1.29 is 14.7 Å². The van der Waals surface area contributed by atoms with Crippen LogP contribution in [0.25, 0.3) is 16.6 Å². The molecule has 0 saturated heterocycles. The summed E-state index contributed by atoms with van der Waals surface area (Å²) < 4.78 is 2.27. The number of amides is 2. The first-order chi connectivity index (χ1) is 21.7. The normalized spacial score (nSPS) is 12.1. The third-order valence-corrected chi connectivity index (χ3v) is 6.48. The highest BCUT2D eigenvalue weighted by molar-refractivity contribution is 6.10. The monoisotopic (exact) mass is 621 g/mol. The summed E-state index contributed by atoms with van der Waals surface area (Å²) >= 11 is 0. The maximum Gasteiger partial charge on any atom is 0.335 e. The molecule has 0 fully saturated rings. The molecule has 2 rings (SSSR count). The number of benzene rings is 1. The molecule has 1 aromatic carbocycles. The number of aliphatic imine (C=N–C) groups is 1. The quantitative estimate of drug-likeness (QED) is 0.111. The molecule has 8 nitrogen and oxygen atoms in total. The number of hydrogen-bond acceptors (Lipinski definition) is 4. The van der Waals surface area contributed by atoms with Gasteiger partial charge in [0.1, 0.15) is 5.82 Å². The number of unbranched alkanes of at least 4 members (excludes halogenated alkanes) is 3. The van der Waals surface area contributed by atoms with Crippen LogP contribution in [-0.4, -0.2) is 38.9 Å². The van der Waals surface area contributed by atoms with Crippen molar-refractivity contribution in [3.8, 4) is 0 Å². The summed E-state index contributed by atoms with van der Waals surface area (Å²) in [6.07, 6.45) is 16.4. The number of aromatic nitrogens is 2. The fraction of sp³-hybridized carbons (Fsp3) is 0.459. The van der Waals surface area contributed by atoms with Gasteiger partial charge in [0.2, 0.25) is 0 Å². The van der Waals surface area contributed by atoms with E-state index in [1.807, 2.05) is 60.6 Å². The SMILES string of the molecule is C/C=C(\C)c1nc2cc(C(=O)O)ccc2n1C(C)CCCCCC.C=CNC(=O)N/C=C/C(=C/C)C(C=C)=NCC.CC.CC. The van der Waals surface area contributed by atoms with Gasteiger partial charge < -0.3 is 20.3 Å². The number of carboxylic acids is 1. The highest BCUT2D eigenvalue weighted by atomic mass is 16.4. The third kappa shape index (κ3) is 15.4. The lowest BCUT2D eigenvalue weighted by molar-refractivity contribution is 0.0697. The van der Waals surface area contributed by atoms with Crippen LogP contribution < -0.4 is 10.6 Å². The molecule has 2 aromatic rings. The van der Waals surface area contributed by atoms with Crippen LogP contribution in [0.4, 0.5) is 4.79 Å². The molecular formula is C37H59N5O3. The van der Waals surface area contributed by atoms with Crippen LogP contribution >= 0.6 is 0 Å². The van der Waals surface area contributed by atoms with Crippen molar-refractivity contribution in [3.63, 3.8) is 0 Å². The molecule has 0 spiro atoms. The first-order valence-electron chi connectivity index (χ1n) is 16.2. The number of rotatable bonds is 14. The predicted octanol–water partition coefficient (Wildman–Crippen LogP) is 10.3. The lowest BCUT2D eigenvalue weighted by atomic mass is 10.1. The van der Waals surface area contributed by atoms with Gasteiger partial charge in [-0.25, -0.2) is 14.6 Å².